The van der Waals surface area contributed by atoms with Crippen molar-refractivity contribution >= 4 is 5.97 Å². The standard InChI is InChI=1S/C34H43NO6/c1-20-9-7-12-24(15-20)30(37)27-18-23(16-22-10-5-4-6-11-22)17-26-29-21(2)31(40-28(29)13-8-14-35(26)27)33-32(39-3)25(19-36)34(38)41-33/h4-7,10-13,20-21,23-24,26-27,29-30,36-37H,8-9,14-19H2,1-3H3/b33-31+/t20-,21+,23+,24-,26+,27+,29-,30+/m1/s1. The molecule has 0 unspecified atom stereocenters. The lowest BCUT2D eigenvalue weighted by atomic mass is 9.72. The van der Waals surface area contributed by atoms with Gasteiger partial charge < -0.3 is 24.4 Å². The molecule has 0 saturated carbocycles. The zero-order chi connectivity index (χ0) is 28.7. The van der Waals surface area contributed by atoms with Gasteiger partial charge in [-0.25, -0.2) is 4.79 Å². The van der Waals surface area contributed by atoms with Crippen LogP contribution in [0.4, 0.5) is 0 Å². The van der Waals surface area contributed by atoms with Gasteiger partial charge >= 0.3 is 5.97 Å². The van der Waals surface area contributed by atoms with E-state index >= 15 is 0 Å². The number of aliphatic hydroxyl groups excluding tert-OH is 2. The third-order valence-electron chi connectivity index (χ3n) is 9.96. The molecular weight excluding hydrogens is 518 g/mol. The van der Waals surface area contributed by atoms with Gasteiger partial charge in [-0.1, -0.05) is 56.3 Å². The molecular formula is C34H43NO6. The molecule has 2 fully saturated rings. The fourth-order valence-corrected chi connectivity index (χ4v) is 8.05. The monoisotopic (exact) mass is 561 g/mol. The molecule has 4 aliphatic heterocycles. The molecule has 0 amide bonds. The van der Waals surface area contributed by atoms with Crippen molar-refractivity contribution in [2.75, 3.05) is 20.3 Å². The maximum Gasteiger partial charge on any atom is 0.345 e. The highest BCUT2D eigenvalue weighted by Gasteiger charge is 2.52. The zero-order valence-electron chi connectivity index (χ0n) is 24.4. The fourth-order valence-electron chi connectivity index (χ4n) is 8.05. The van der Waals surface area contributed by atoms with Crippen LogP contribution in [0.2, 0.25) is 0 Å². The minimum absolute atomic E-state index is 0.0544. The summed E-state index contributed by atoms with van der Waals surface area (Å²) in [5.74, 6) is 2.60. The molecule has 1 aromatic carbocycles. The van der Waals surface area contributed by atoms with Crippen LogP contribution in [0.15, 0.2) is 77.2 Å². The number of carbonyl (C=O) groups excluding carboxylic acids is 1. The fraction of sp³-hybridized carbons (Fsp3) is 0.559. The molecule has 0 bridgehead atoms. The Morgan fingerprint density at radius 2 is 1.93 bits per heavy atom. The van der Waals surface area contributed by atoms with Crippen LogP contribution < -0.4 is 0 Å². The molecule has 7 heteroatoms. The second kappa shape index (κ2) is 11.8. The molecule has 2 saturated heterocycles. The van der Waals surface area contributed by atoms with Gasteiger partial charge in [-0.2, -0.15) is 0 Å². The molecule has 8 atom stereocenters. The highest BCUT2D eigenvalue weighted by molar-refractivity contribution is 5.94. The van der Waals surface area contributed by atoms with Crippen LogP contribution in [0, 0.1) is 29.6 Å². The van der Waals surface area contributed by atoms with E-state index in [-0.39, 0.29) is 46.9 Å². The number of ether oxygens (including phenoxy) is 3. The molecule has 1 aromatic rings. The average molecular weight is 562 g/mol. The molecule has 6 rings (SSSR count). The quantitative estimate of drug-likeness (QED) is 0.378. The van der Waals surface area contributed by atoms with Crippen molar-refractivity contribution in [3.63, 3.8) is 0 Å². The summed E-state index contributed by atoms with van der Waals surface area (Å²) in [5.41, 5.74) is 1.45. The van der Waals surface area contributed by atoms with Crippen LogP contribution in [0.5, 0.6) is 0 Å². The summed E-state index contributed by atoms with van der Waals surface area (Å²) in [6.45, 7) is 4.84. The summed E-state index contributed by atoms with van der Waals surface area (Å²) >= 11 is 0. The Morgan fingerprint density at radius 1 is 1.12 bits per heavy atom. The summed E-state index contributed by atoms with van der Waals surface area (Å²) < 4.78 is 17.6. The van der Waals surface area contributed by atoms with Crippen molar-refractivity contribution < 1.29 is 29.2 Å². The van der Waals surface area contributed by atoms with Gasteiger partial charge in [0.15, 0.2) is 11.5 Å². The van der Waals surface area contributed by atoms with Gasteiger partial charge in [-0.05, 0) is 62.0 Å². The molecule has 41 heavy (non-hydrogen) atoms. The van der Waals surface area contributed by atoms with Gasteiger partial charge in [0.2, 0.25) is 5.76 Å². The third-order valence-corrected chi connectivity index (χ3v) is 9.96. The zero-order valence-corrected chi connectivity index (χ0v) is 24.4. The Hall–Kier alpha value is -2.87. The lowest BCUT2D eigenvalue weighted by Crippen LogP contribution is -2.58. The minimum atomic E-state index is -0.594. The van der Waals surface area contributed by atoms with Crippen molar-refractivity contribution in [3.05, 3.63) is 82.7 Å². The number of allylic oxidation sites excluding steroid dienone is 2. The van der Waals surface area contributed by atoms with E-state index in [1.807, 2.05) is 0 Å². The number of esters is 1. The maximum atomic E-state index is 12.5. The Kier molecular flexibility index (Phi) is 8.12. The highest BCUT2D eigenvalue weighted by Crippen LogP contribution is 2.51. The summed E-state index contributed by atoms with van der Waals surface area (Å²) in [6.07, 6.45) is 12.1. The highest BCUT2D eigenvalue weighted by atomic mass is 16.6. The molecule has 5 aliphatic rings. The van der Waals surface area contributed by atoms with E-state index in [1.165, 1.54) is 12.7 Å². The molecule has 1 aliphatic carbocycles. The number of benzene rings is 1. The Morgan fingerprint density at radius 3 is 2.66 bits per heavy atom. The Labute approximate surface area is 243 Å². The van der Waals surface area contributed by atoms with Crippen LogP contribution in [0.1, 0.15) is 51.5 Å². The van der Waals surface area contributed by atoms with Crippen LogP contribution in [0.25, 0.3) is 0 Å². The summed E-state index contributed by atoms with van der Waals surface area (Å²) in [5, 5.41) is 21.7. The van der Waals surface area contributed by atoms with Gasteiger partial charge in [-0.15, -0.1) is 0 Å². The minimum Gasteiger partial charge on any atom is -0.492 e. The smallest absolute Gasteiger partial charge is 0.345 e. The maximum absolute atomic E-state index is 12.5. The number of fused-ring (bicyclic) bond motifs is 3. The number of cyclic esters (lactones) is 1. The predicted molar refractivity (Wildman–Crippen MR) is 155 cm³/mol. The summed E-state index contributed by atoms with van der Waals surface area (Å²) in [6, 6.07) is 10.9. The SMILES string of the molecule is COC1=C(CO)C(=O)O/C1=C1/OC2=CCCN3[C@H]([C@@H](O)[C@@H]4C=CC[C@@H](C)C4)C[C@@H](Cc4ccccc4)C[C@H]3[C@H]2[C@@H]1C. The number of piperidine rings is 1. The first-order chi connectivity index (χ1) is 19.9. The second-order valence-corrected chi connectivity index (χ2v) is 12.6. The number of rotatable bonds is 6. The van der Waals surface area contributed by atoms with E-state index in [1.54, 1.807) is 0 Å². The van der Waals surface area contributed by atoms with Crippen molar-refractivity contribution in [2.45, 2.75) is 70.6 Å². The molecule has 0 spiro atoms. The predicted octanol–water partition coefficient (Wildman–Crippen LogP) is 4.87. The number of carbonyl (C=O) groups is 1. The van der Waals surface area contributed by atoms with Gasteiger partial charge in [-0.3, -0.25) is 4.90 Å². The first-order valence-electron chi connectivity index (χ1n) is 15.3. The van der Waals surface area contributed by atoms with Crippen molar-refractivity contribution in [1.82, 2.24) is 4.90 Å². The normalized spacial score (nSPS) is 36.2. The van der Waals surface area contributed by atoms with E-state index in [0.29, 0.717) is 17.6 Å². The summed E-state index contributed by atoms with van der Waals surface area (Å²) in [7, 11) is 1.48. The Balaban J connectivity index is 1.35. The van der Waals surface area contributed by atoms with Crippen LogP contribution in [0.3, 0.4) is 0 Å². The molecule has 0 radical (unpaired) electrons. The first kappa shape index (κ1) is 28.3. The average Bonchev–Trinajstić information content (AvgIpc) is 3.40. The first-order valence-corrected chi connectivity index (χ1v) is 15.3. The van der Waals surface area contributed by atoms with E-state index < -0.39 is 18.7 Å². The molecule has 220 valence electrons. The van der Waals surface area contributed by atoms with Gasteiger partial charge in [0.1, 0.15) is 11.3 Å². The largest absolute Gasteiger partial charge is 0.492 e. The number of hydrogen-bond donors (Lipinski definition) is 2. The lowest BCUT2D eigenvalue weighted by molar-refractivity contribution is -0.133. The molecule has 4 heterocycles. The Bertz CT molecular complexity index is 1270. The van der Waals surface area contributed by atoms with E-state index in [0.717, 1.165) is 50.8 Å². The van der Waals surface area contributed by atoms with E-state index in [2.05, 4.69) is 67.3 Å². The molecule has 7 nitrogen and oxygen atoms in total. The van der Waals surface area contributed by atoms with Crippen LogP contribution >= 0.6 is 0 Å². The van der Waals surface area contributed by atoms with Crippen molar-refractivity contribution in [2.24, 2.45) is 29.6 Å². The summed E-state index contributed by atoms with van der Waals surface area (Å²) in [4.78, 5) is 15.1. The van der Waals surface area contributed by atoms with Gasteiger partial charge in [0, 0.05) is 36.4 Å². The van der Waals surface area contributed by atoms with Gasteiger partial charge in [0.05, 0.1) is 19.8 Å². The van der Waals surface area contributed by atoms with Gasteiger partial charge in [0.25, 0.3) is 0 Å². The van der Waals surface area contributed by atoms with E-state index in [9.17, 15) is 15.0 Å². The van der Waals surface area contributed by atoms with E-state index in [4.69, 9.17) is 14.2 Å². The second-order valence-electron chi connectivity index (χ2n) is 12.6. The van der Waals surface area contributed by atoms with Crippen LogP contribution in [-0.4, -0.2) is 59.5 Å². The third kappa shape index (κ3) is 5.28. The number of hydrogen-bond acceptors (Lipinski definition) is 7. The number of aliphatic hydroxyl groups is 2. The number of nitrogens with zero attached hydrogens (tertiary/aromatic N) is 1. The van der Waals surface area contributed by atoms with Crippen molar-refractivity contribution in [1.29, 1.82) is 0 Å². The number of methoxy groups -OCH3 is 1. The molecule has 0 aromatic heterocycles. The topological polar surface area (TPSA) is 88.5 Å². The molecule has 2 N–H and O–H groups in total. The van der Waals surface area contributed by atoms with Crippen molar-refractivity contribution in [3.8, 4) is 0 Å². The van der Waals surface area contributed by atoms with Crippen LogP contribution in [-0.2, 0) is 25.4 Å². The lowest BCUT2D eigenvalue weighted by Gasteiger charge is -2.50.